The lowest BCUT2D eigenvalue weighted by Gasteiger charge is -2.09. The Morgan fingerprint density at radius 1 is 1.16 bits per heavy atom. The van der Waals surface area contributed by atoms with Crippen molar-refractivity contribution in [2.75, 3.05) is 0 Å². The Morgan fingerprint density at radius 3 is 2.42 bits per heavy atom. The minimum atomic E-state index is -0.940. The van der Waals surface area contributed by atoms with Crippen molar-refractivity contribution >= 4 is 33.7 Å². The minimum Gasteiger partial charge on any atom is -0.346 e. The molecule has 1 rings (SSSR count). The van der Waals surface area contributed by atoms with E-state index in [4.69, 9.17) is 0 Å². The summed E-state index contributed by atoms with van der Waals surface area (Å²) >= 11 is 3.17. The third-order valence-corrected chi connectivity index (χ3v) is 2.32. The lowest BCUT2D eigenvalue weighted by Crippen LogP contribution is -2.49. The Bertz CT molecular complexity index is 504. The number of hydrogen-bond donors (Lipinski definition) is 3. The van der Waals surface area contributed by atoms with Gasteiger partial charge in [0.25, 0.3) is 5.91 Å². The fourth-order valence-electron chi connectivity index (χ4n) is 1.11. The van der Waals surface area contributed by atoms with Gasteiger partial charge >= 0.3 is 11.8 Å². The maximum absolute atomic E-state index is 11.6. The second-order valence-corrected chi connectivity index (χ2v) is 4.84. The molecule has 19 heavy (non-hydrogen) atoms. The number of halogens is 1. The van der Waals surface area contributed by atoms with E-state index in [-0.39, 0.29) is 11.6 Å². The maximum atomic E-state index is 11.6. The SMILES string of the molecule is CC(C)NC(=O)C(=O)NNC(=O)c1cncc(Br)c1. The van der Waals surface area contributed by atoms with E-state index in [0.29, 0.717) is 4.47 Å². The van der Waals surface area contributed by atoms with Gasteiger partial charge < -0.3 is 5.32 Å². The molecule has 0 aliphatic rings. The molecule has 0 aliphatic heterocycles. The Morgan fingerprint density at radius 2 is 1.84 bits per heavy atom. The van der Waals surface area contributed by atoms with Crippen molar-refractivity contribution in [1.82, 2.24) is 21.2 Å². The number of pyridine rings is 1. The van der Waals surface area contributed by atoms with Crippen LogP contribution in [0.15, 0.2) is 22.9 Å². The van der Waals surface area contributed by atoms with Gasteiger partial charge in [-0.05, 0) is 35.8 Å². The molecule has 0 radical (unpaired) electrons. The predicted molar refractivity (Wildman–Crippen MR) is 70.8 cm³/mol. The third-order valence-electron chi connectivity index (χ3n) is 1.88. The molecule has 0 aliphatic carbocycles. The fraction of sp³-hybridized carbons (Fsp3) is 0.273. The molecule has 0 spiro atoms. The summed E-state index contributed by atoms with van der Waals surface area (Å²) in [4.78, 5) is 38.0. The van der Waals surface area contributed by atoms with Crippen LogP contribution in [0.1, 0.15) is 24.2 Å². The van der Waals surface area contributed by atoms with E-state index >= 15 is 0 Å². The largest absolute Gasteiger partial charge is 0.346 e. The number of carbonyl (C=O) groups is 3. The molecular formula is C11H13BrN4O3. The molecule has 102 valence electrons. The first-order chi connectivity index (χ1) is 8.90. The number of amides is 3. The molecule has 8 heteroatoms. The fourth-order valence-corrected chi connectivity index (χ4v) is 1.47. The van der Waals surface area contributed by atoms with Crippen LogP contribution in [-0.4, -0.2) is 28.7 Å². The van der Waals surface area contributed by atoms with Crippen molar-refractivity contribution < 1.29 is 14.4 Å². The molecule has 1 aromatic heterocycles. The van der Waals surface area contributed by atoms with Gasteiger partial charge in [0.2, 0.25) is 0 Å². The first kappa shape index (κ1) is 15.1. The Labute approximate surface area is 118 Å². The Hall–Kier alpha value is -1.96. The summed E-state index contributed by atoms with van der Waals surface area (Å²) in [5, 5.41) is 2.39. The van der Waals surface area contributed by atoms with Gasteiger partial charge in [-0.3, -0.25) is 30.2 Å². The van der Waals surface area contributed by atoms with Crippen LogP contribution < -0.4 is 16.2 Å². The second kappa shape index (κ2) is 6.83. The van der Waals surface area contributed by atoms with Gasteiger partial charge in [0, 0.05) is 22.9 Å². The third kappa shape index (κ3) is 5.04. The van der Waals surface area contributed by atoms with Crippen molar-refractivity contribution in [2.45, 2.75) is 19.9 Å². The Balaban J connectivity index is 2.51. The summed E-state index contributed by atoms with van der Waals surface area (Å²) in [7, 11) is 0. The molecule has 0 bridgehead atoms. The van der Waals surface area contributed by atoms with E-state index in [1.807, 2.05) is 5.43 Å². The maximum Gasteiger partial charge on any atom is 0.327 e. The van der Waals surface area contributed by atoms with Crippen molar-refractivity contribution in [1.29, 1.82) is 0 Å². The molecule has 0 fully saturated rings. The lowest BCUT2D eigenvalue weighted by molar-refractivity contribution is -0.139. The zero-order chi connectivity index (χ0) is 14.4. The number of nitrogens with zero attached hydrogens (tertiary/aromatic N) is 1. The van der Waals surface area contributed by atoms with Crippen LogP contribution in [0.3, 0.4) is 0 Å². The highest BCUT2D eigenvalue weighted by atomic mass is 79.9. The van der Waals surface area contributed by atoms with Crippen molar-refractivity contribution in [3.8, 4) is 0 Å². The molecule has 0 atom stereocenters. The number of hydrogen-bond acceptors (Lipinski definition) is 4. The molecular weight excluding hydrogens is 316 g/mol. The summed E-state index contributed by atoms with van der Waals surface area (Å²) in [6.45, 7) is 3.44. The molecule has 0 saturated heterocycles. The van der Waals surface area contributed by atoms with Crippen LogP contribution >= 0.6 is 15.9 Å². The van der Waals surface area contributed by atoms with Crippen LogP contribution in [-0.2, 0) is 9.59 Å². The Kier molecular flexibility index (Phi) is 5.43. The highest BCUT2D eigenvalue weighted by molar-refractivity contribution is 9.10. The van der Waals surface area contributed by atoms with Crippen molar-refractivity contribution in [2.24, 2.45) is 0 Å². The summed E-state index contributed by atoms with van der Waals surface area (Å²) in [5.41, 5.74) is 4.38. The second-order valence-electron chi connectivity index (χ2n) is 3.93. The molecule has 0 aromatic carbocycles. The van der Waals surface area contributed by atoms with Crippen LogP contribution in [0.5, 0.6) is 0 Å². The van der Waals surface area contributed by atoms with Gasteiger partial charge in [-0.2, -0.15) is 0 Å². The van der Waals surface area contributed by atoms with Crippen LogP contribution in [0, 0.1) is 0 Å². The van der Waals surface area contributed by atoms with E-state index in [0.717, 1.165) is 0 Å². The lowest BCUT2D eigenvalue weighted by atomic mass is 10.3. The molecule has 0 unspecified atom stereocenters. The average Bonchev–Trinajstić information content (AvgIpc) is 2.34. The molecule has 1 aromatic rings. The standard InChI is InChI=1S/C11H13BrN4O3/c1-6(2)14-10(18)11(19)16-15-9(17)7-3-8(12)5-13-4-7/h3-6H,1-2H3,(H,14,18)(H,15,17)(H,16,19). The van der Waals surface area contributed by atoms with Crippen LogP contribution in [0.4, 0.5) is 0 Å². The summed E-state index contributed by atoms with van der Waals surface area (Å²) in [5.74, 6) is -2.33. The number of aromatic nitrogens is 1. The van der Waals surface area contributed by atoms with Gasteiger partial charge in [-0.15, -0.1) is 0 Å². The van der Waals surface area contributed by atoms with Gasteiger partial charge in [-0.25, -0.2) is 0 Å². The number of carbonyl (C=O) groups excluding carboxylic acids is 3. The number of rotatable bonds is 2. The summed E-state index contributed by atoms with van der Waals surface area (Å²) < 4.78 is 0.629. The topological polar surface area (TPSA) is 100 Å². The van der Waals surface area contributed by atoms with E-state index in [1.54, 1.807) is 13.8 Å². The van der Waals surface area contributed by atoms with Gasteiger partial charge in [0.05, 0.1) is 5.56 Å². The van der Waals surface area contributed by atoms with Gasteiger partial charge in [-0.1, -0.05) is 0 Å². The smallest absolute Gasteiger partial charge is 0.327 e. The van der Waals surface area contributed by atoms with E-state index in [9.17, 15) is 14.4 Å². The predicted octanol–water partition coefficient (Wildman–Crippen LogP) is 0.130. The number of hydrazine groups is 1. The highest BCUT2D eigenvalue weighted by Crippen LogP contribution is 2.08. The molecule has 1 heterocycles. The van der Waals surface area contributed by atoms with Crippen LogP contribution in [0.25, 0.3) is 0 Å². The zero-order valence-corrected chi connectivity index (χ0v) is 11.9. The van der Waals surface area contributed by atoms with E-state index in [1.165, 1.54) is 18.5 Å². The average molecular weight is 329 g/mol. The zero-order valence-electron chi connectivity index (χ0n) is 10.4. The first-order valence-corrected chi connectivity index (χ1v) is 6.21. The quantitative estimate of drug-likeness (QED) is 0.530. The minimum absolute atomic E-state index is 0.164. The molecule has 3 N–H and O–H groups in total. The summed E-state index contributed by atoms with van der Waals surface area (Å²) in [6, 6.07) is 1.37. The van der Waals surface area contributed by atoms with Gasteiger partial charge in [0.15, 0.2) is 0 Å². The normalized spacial score (nSPS) is 9.89. The molecule has 7 nitrogen and oxygen atoms in total. The molecule has 3 amide bonds. The highest BCUT2D eigenvalue weighted by Gasteiger charge is 2.15. The van der Waals surface area contributed by atoms with E-state index in [2.05, 4.69) is 31.7 Å². The van der Waals surface area contributed by atoms with Crippen molar-refractivity contribution in [3.05, 3.63) is 28.5 Å². The van der Waals surface area contributed by atoms with Gasteiger partial charge in [0.1, 0.15) is 0 Å². The van der Waals surface area contributed by atoms with Crippen molar-refractivity contribution in [3.63, 3.8) is 0 Å². The van der Waals surface area contributed by atoms with Crippen LogP contribution in [0.2, 0.25) is 0 Å². The monoisotopic (exact) mass is 328 g/mol. The number of nitrogens with one attached hydrogen (secondary N) is 3. The summed E-state index contributed by atoms with van der Waals surface area (Å²) in [6.07, 6.45) is 2.85. The molecule has 0 saturated carbocycles. The first-order valence-electron chi connectivity index (χ1n) is 5.42. The van der Waals surface area contributed by atoms with E-state index < -0.39 is 17.7 Å².